The largest absolute Gasteiger partial charge is 0.497 e. The van der Waals surface area contributed by atoms with Crippen molar-refractivity contribution in [2.75, 3.05) is 49.5 Å². The number of methoxy groups -OCH3 is 1. The molecule has 2 aromatic rings. The number of ether oxygens (including phenoxy) is 1. The van der Waals surface area contributed by atoms with Gasteiger partial charge < -0.3 is 19.6 Å². The average Bonchev–Trinajstić information content (AvgIpc) is 2.73. The van der Waals surface area contributed by atoms with Crippen LogP contribution in [0.25, 0.3) is 0 Å². The maximum absolute atomic E-state index is 12.7. The third-order valence-electron chi connectivity index (χ3n) is 5.03. The van der Waals surface area contributed by atoms with E-state index in [1.165, 1.54) is 43.5 Å². The fourth-order valence-corrected chi connectivity index (χ4v) is 4.36. The van der Waals surface area contributed by atoms with Crippen LogP contribution in [0.15, 0.2) is 47.4 Å². The van der Waals surface area contributed by atoms with E-state index in [4.69, 9.17) is 4.74 Å². The summed E-state index contributed by atoms with van der Waals surface area (Å²) in [6.45, 7) is 6.51. The van der Waals surface area contributed by atoms with E-state index >= 15 is 0 Å². The molecule has 1 saturated heterocycles. The Bertz CT molecular complexity index is 968. The van der Waals surface area contributed by atoms with Gasteiger partial charge >= 0.3 is 5.97 Å². The first-order valence-corrected chi connectivity index (χ1v) is 10.8. The lowest BCUT2D eigenvalue weighted by Gasteiger charge is -2.35. The molecule has 2 N–H and O–H groups in total. The minimum atomic E-state index is -3.93. The normalized spacial score (nSPS) is 15.2. The Morgan fingerprint density at radius 3 is 2.31 bits per heavy atom. The Balaban J connectivity index is 1.84. The number of carboxylic acids is 1. The summed E-state index contributed by atoms with van der Waals surface area (Å²) in [6, 6.07) is 10.7. The average molecular weight is 420 g/mol. The topological polar surface area (TPSA) is 99.2 Å². The SMILES string of the molecule is CCN1CCN(c2ccc(NS(=O)(=O)c3ccc(OC)cc3)c(C(=O)O)c2)CC1. The molecule has 8 nitrogen and oxygen atoms in total. The molecule has 3 rings (SSSR count). The van der Waals surface area contributed by atoms with E-state index in [-0.39, 0.29) is 16.1 Å². The first-order chi connectivity index (χ1) is 13.8. The molecule has 2 aromatic carbocycles. The van der Waals surface area contributed by atoms with Crippen molar-refractivity contribution in [3.05, 3.63) is 48.0 Å². The molecule has 0 spiro atoms. The Labute approximate surface area is 170 Å². The highest BCUT2D eigenvalue weighted by atomic mass is 32.2. The van der Waals surface area contributed by atoms with Gasteiger partial charge in [-0.1, -0.05) is 6.92 Å². The number of sulfonamides is 1. The van der Waals surface area contributed by atoms with Crippen LogP contribution in [0.2, 0.25) is 0 Å². The number of anilines is 2. The predicted molar refractivity (Wildman–Crippen MR) is 112 cm³/mol. The van der Waals surface area contributed by atoms with Crippen LogP contribution in [0, 0.1) is 0 Å². The van der Waals surface area contributed by atoms with E-state index in [0.29, 0.717) is 5.75 Å². The fourth-order valence-electron chi connectivity index (χ4n) is 3.28. The fraction of sp³-hybridized carbons (Fsp3) is 0.350. The van der Waals surface area contributed by atoms with Gasteiger partial charge in [0.2, 0.25) is 0 Å². The first-order valence-electron chi connectivity index (χ1n) is 9.35. The van der Waals surface area contributed by atoms with Crippen molar-refractivity contribution in [3.8, 4) is 5.75 Å². The summed E-state index contributed by atoms with van der Waals surface area (Å²) in [7, 11) is -2.44. The van der Waals surface area contributed by atoms with Crippen LogP contribution in [0.4, 0.5) is 11.4 Å². The number of carboxylic acid groups (broad SMARTS) is 1. The first kappa shape index (κ1) is 20.9. The summed E-state index contributed by atoms with van der Waals surface area (Å²) >= 11 is 0. The molecule has 0 aromatic heterocycles. The summed E-state index contributed by atoms with van der Waals surface area (Å²) in [5.74, 6) is -0.658. The third-order valence-corrected chi connectivity index (χ3v) is 6.41. The summed E-state index contributed by atoms with van der Waals surface area (Å²) in [5.41, 5.74) is 0.715. The Morgan fingerprint density at radius 2 is 1.76 bits per heavy atom. The lowest BCUT2D eigenvalue weighted by atomic mass is 10.1. The number of benzene rings is 2. The lowest BCUT2D eigenvalue weighted by molar-refractivity contribution is 0.0698. The number of aromatic carboxylic acids is 1. The molecule has 9 heteroatoms. The molecule has 1 heterocycles. The Kier molecular flexibility index (Phi) is 6.29. The molecule has 0 saturated carbocycles. The van der Waals surface area contributed by atoms with E-state index in [9.17, 15) is 18.3 Å². The number of carbonyl (C=O) groups is 1. The van der Waals surface area contributed by atoms with Crippen LogP contribution in [0.3, 0.4) is 0 Å². The van der Waals surface area contributed by atoms with Crippen LogP contribution in [0.1, 0.15) is 17.3 Å². The molecule has 0 aliphatic carbocycles. The van der Waals surface area contributed by atoms with Crippen molar-refractivity contribution in [1.82, 2.24) is 4.90 Å². The minimum Gasteiger partial charge on any atom is -0.497 e. The van der Waals surface area contributed by atoms with Crippen molar-refractivity contribution < 1.29 is 23.1 Å². The maximum atomic E-state index is 12.7. The van der Waals surface area contributed by atoms with Gasteiger partial charge in [0.05, 0.1) is 23.3 Å². The number of rotatable bonds is 7. The van der Waals surface area contributed by atoms with Gasteiger partial charge in [-0.2, -0.15) is 0 Å². The van der Waals surface area contributed by atoms with Crippen LogP contribution in [-0.4, -0.2) is 64.2 Å². The molecule has 1 aliphatic rings. The third kappa shape index (κ3) is 4.80. The Morgan fingerprint density at radius 1 is 1.10 bits per heavy atom. The molecular formula is C20H25N3O5S. The molecule has 0 amide bonds. The van der Waals surface area contributed by atoms with Crippen molar-refractivity contribution in [2.45, 2.75) is 11.8 Å². The molecule has 1 fully saturated rings. The highest BCUT2D eigenvalue weighted by molar-refractivity contribution is 7.92. The Hall–Kier alpha value is -2.78. The smallest absolute Gasteiger partial charge is 0.337 e. The van der Waals surface area contributed by atoms with E-state index < -0.39 is 16.0 Å². The minimum absolute atomic E-state index is 0.0226. The highest BCUT2D eigenvalue weighted by Gasteiger charge is 2.22. The second kappa shape index (κ2) is 8.71. The van der Waals surface area contributed by atoms with Gasteiger partial charge in [-0.05, 0) is 49.0 Å². The summed E-state index contributed by atoms with van der Waals surface area (Å²) in [6.07, 6.45) is 0. The zero-order valence-electron chi connectivity index (χ0n) is 16.5. The zero-order valence-corrected chi connectivity index (χ0v) is 17.3. The van der Waals surface area contributed by atoms with E-state index in [0.717, 1.165) is 38.4 Å². The second-order valence-corrected chi connectivity index (χ2v) is 8.42. The van der Waals surface area contributed by atoms with Crippen LogP contribution >= 0.6 is 0 Å². The highest BCUT2D eigenvalue weighted by Crippen LogP contribution is 2.27. The molecule has 0 unspecified atom stereocenters. The summed E-state index contributed by atoms with van der Waals surface area (Å²) in [5, 5.41) is 9.63. The quantitative estimate of drug-likeness (QED) is 0.711. The van der Waals surface area contributed by atoms with Crippen molar-refractivity contribution >= 4 is 27.4 Å². The number of likely N-dealkylation sites (N-methyl/N-ethyl adjacent to an activating group) is 1. The number of nitrogens with zero attached hydrogens (tertiary/aromatic N) is 2. The zero-order chi connectivity index (χ0) is 21.0. The van der Waals surface area contributed by atoms with Gasteiger partial charge in [-0.3, -0.25) is 4.72 Å². The number of hydrogen-bond acceptors (Lipinski definition) is 6. The lowest BCUT2D eigenvalue weighted by Crippen LogP contribution is -2.46. The molecule has 1 aliphatic heterocycles. The van der Waals surface area contributed by atoms with Crippen LogP contribution < -0.4 is 14.4 Å². The maximum Gasteiger partial charge on any atom is 0.337 e. The second-order valence-electron chi connectivity index (χ2n) is 6.74. The van der Waals surface area contributed by atoms with Crippen molar-refractivity contribution in [3.63, 3.8) is 0 Å². The van der Waals surface area contributed by atoms with E-state index in [1.807, 2.05) is 0 Å². The molecule has 29 heavy (non-hydrogen) atoms. The monoisotopic (exact) mass is 419 g/mol. The molecule has 0 bridgehead atoms. The molecule has 0 atom stereocenters. The van der Waals surface area contributed by atoms with Crippen LogP contribution in [-0.2, 0) is 10.0 Å². The van der Waals surface area contributed by atoms with Gasteiger partial charge in [0.1, 0.15) is 5.75 Å². The van der Waals surface area contributed by atoms with Gasteiger partial charge in [0.15, 0.2) is 0 Å². The number of nitrogens with one attached hydrogen (secondary N) is 1. The van der Waals surface area contributed by atoms with Crippen molar-refractivity contribution in [2.24, 2.45) is 0 Å². The summed E-state index contributed by atoms with van der Waals surface area (Å²) < 4.78 is 32.8. The number of piperazine rings is 1. The van der Waals surface area contributed by atoms with Crippen LogP contribution in [0.5, 0.6) is 5.75 Å². The molecule has 0 radical (unpaired) electrons. The van der Waals surface area contributed by atoms with E-state index in [2.05, 4.69) is 21.4 Å². The van der Waals surface area contributed by atoms with Crippen molar-refractivity contribution in [1.29, 1.82) is 0 Å². The standard InChI is InChI=1S/C20H25N3O5S/c1-3-22-10-12-23(13-11-22)15-4-9-19(18(14-15)20(24)25)21-29(26,27)17-7-5-16(28-2)6-8-17/h4-9,14,21H,3,10-13H2,1-2H3,(H,24,25). The number of hydrogen-bond donors (Lipinski definition) is 2. The van der Waals surface area contributed by atoms with E-state index in [1.54, 1.807) is 6.07 Å². The van der Waals surface area contributed by atoms with Gasteiger partial charge in [0, 0.05) is 31.9 Å². The molecule has 156 valence electrons. The van der Waals surface area contributed by atoms with Gasteiger partial charge in [-0.25, -0.2) is 13.2 Å². The van der Waals surface area contributed by atoms with Gasteiger partial charge in [0.25, 0.3) is 10.0 Å². The molecular weight excluding hydrogens is 394 g/mol. The summed E-state index contributed by atoms with van der Waals surface area (Å²) in [4.78, 5) is 16.2. The van der Waals surface area contributed by atoms with Gasteiger partial charge in [-0.15, -0.1) is 0 Å². The predicted octanol–water partition coefficient (Wildman–Crippen LogP) is 2.34.